The summed E-state index contributed by atoms with van der Waals surface area (Å²) < 4.78 is 5.38. The number of carbonyl (C=O) groups is 2. The zero-order chi connectivity index (χ0) is 19.6. The Bertz CT molecular complexity index is 957. The minimum absolute atomic E-state index is 0.360. The van der Waals surface area contributed by atoms with E-state index in [4.69, 9.17) is 4.74 Å². The summed E-state index contributed by atoms with van der Waals surface area (Å²) in [6.07, 6.45) is -0.914. The van der Waals surface area contributed by atoms with Crippen LogP contribution in [0, 0.1) is 20.8 Å². The van der Waals surface area contributed by atoms with Crippen LogP contribution in [0.15, 0.2) is 35.0 Å². The third-order valence-electron chi connectivity index (χ3n) is 4.13. The van der Waals surface area contributed by atoms with E-state index in [0.29, 0.717) is 10.6 Å². The highest BCUT2D eigenvalue weighted by atomic mass is 32.1. The highest BCUT2D eigenvalue weighted by Gasteiger charge is 2.23. The quantitative estimate of drug-likeness (QED) is 0.613. The van der Waals surface area contributed by atoms with Gasteiger partial charge in [-0.15, -0.1) is 11.3 Å². The Labute approximate surface area is 166 Å². The number of aromatic nitrogens is 1. The Kier molecular flexibility index (Phi) is 5.72. The lowest BCUT2D eigenvalue weighted by molar-refractivity contribution is -0.123. The van der Waals surface area contributed by atoms with Gasteiger partial charge in [0.25, 0.3) is 5.91 Å². The van der Waals surface area contributed by atoms with Gasteiger partial charge in [-0.05, 0) is 50.3 Å². The van der Waals surface area contributed by atoms with Gasteiger partial charge in [-0.1, -0.05) is 18.2 Å². The van der Waals surface area contributed by atoms with Crippen molar-refractivity contribution >= 4 is 40.2 Å². The molecule has 0 saturated heterocycles. The highest BCUT2D eigenvalue weighted by molar-refractivity contribution is 7.17. The molecule has 5 nitrogen and oxygen atoms in total. The Balaban J connectivity index is 1.69. The van der Waals surface area contributed by atoms with Gasteiger partial charge in [0, 0.05) is 16.6 Å². The number of benzene rings is 1. The molecular formula is C20H20N2O3S2. The lowest BCUT2D eigenvalue weighted by atomic mass is 10.1. The first-order chi connectivity index (χ1) is 12.9. The number of aryl methyl sites for hydroxylation is 3. The van der Waals surface area contributed by atoms with Crippen molar-refractivity contribution < 1.29 is 14.3 Å². The molecule has 1 unspecified atom stereocenters. The van der Waals surface area contributed by atoms with E-state index in [1.165, 1.54) is 11.3 Å². The normalized spacial score (nSPS) is 11.9. The molecule has 1 aromatic carbocycles. The van der Waals surface area contributed by atoms with E-state index in [2.05, 4.69) is 10.3 Å². The van der Waals surface area contributed by atoms with Gasteiger partial charge >= 0.3 is 5.97 Å². The molecule has 0 aliphatic heterocycles. The lowest BCUT2D eigenvalue weighted by Gasteiger charge is -2.16. The first-order valence-electron chi connectivity index (χ1n) is 8.45. The largest absolute Gasteiger partial charge is 0.448 e. The van der Waals surface area contributed by atoms with E-state index in [1.807, 2.05) is 48.9 Å². The molecular weight excluding hydrogens is 380 g/mol. The average molecular weight is 401 g/mol. The number of thiophene rings is 1. The number of hydrogen-bond acceptors (Lipinski definition) is 6. The van der Waals surface area contributed by atoms with Crippen LogP contribution in [0.2, 0.25) is 0 Å². The lowest BCUT2D eigenvalue weighted by Crippen LogP contribution is -2.30. The molecule has 0 radical (unpaired) electrons. The van der Waals surface area contributed by atoms with Crippen molar-refractivity contribution in [1.29, 1.82) is 0 Å². The Hall–Kier alpha value is -2.51. The Morgan fingerprint density at radius 3 is 2.48 bits per heavy atom. The van der Waals surface area contributed by atoms with Crippen molar-refractivity contribution in [1.82, 2.24) is 4.98 Å². The summed E-state index contributed by atoms with van der Waals surface area (Å²) >= 11 is 2.85. The second-order valence-electron chi connectivity index (χ2n) is 6.25. The van der Waals surface area contributed by atoms with Crippen molar-refractivity contribution in [2.45, 2.75) is 33.8 Å². The first kappa shape index (κ1) is 19.3. The molecule has 140 valence electrons. The van der Waals surface area contributed by atoms with Gasteiger partial charge in [-0.2, -0.15) is 11.3 Å². The van der Waals surface area contributed by atoms with E-state index < -0.39 is 12.1 Å². The van der Waals surface area contributed by atoms with Gasteiger partial charge in [0.2, 0.25) is 0 Å². The summed E-state index contributed by atoms with van der Waals surface area (Å²) in [5, 5.41) is 7.56. The predicted octanol–water partition coefficient (Wildman–Crippen LogP) is 4.98. The maximum atomic E-state index is 12.5. The molecule has 0 aliphatic carbocycles. The second kappa shape index (κ2) is 8.02. The predicted molar refractivity (Wildman–Crippen MR) is 110 cm³/mol. The number of rotatable bonds is 5. The minimum atomic E-state index is -0.914. The van der Waals surface area contributed by atoms with Crippen LogP contribution in [-0.4, -0.2) is 23.0 Å². The molecule has 27 heavy (non-hydrogen) atoms. The topological polar surface area (TPSA) is 68.3 Å². The zero-order valence-corrected chi connectivity index (χ0v) is 17.2. The van der Waals surface area contributed by atoms with E-state index in [1.54, 1.807) is 25.2 Å². The number of thiazole rings is 1. The number of hydrogen-bond donors (Lipinski definition) is 1. The third-order valence-corrected chi connectivity index (χ3v) is 6.00. The molecule has 3 rings (SSSR count). The van der Waals surface area contributed by atoms with E-state index in [9.17, 15) is 9.59 Å². The SMILES string of the molecule is Cc1cccc(C)c1NC(=O)C(C)OC(=O)c1sc(-c2ccsc2)nc1C. The number of para-hydroxylation sites is 1. The number of carbonyl (C=O) groups excluding carboxylic acids is 2. The molecule has 2 heterocycles. The van der Waals surface area contributed by atoms with Gasteiger partial charge in [0.05, 0.1) is 5.69 Å². The van der Waals surface area contributed by atoms with Crippen molar-refractivity contribution in [3.63, 3.8) is 0 Å². The molecule has 7 heteroatoms. The fourth-order valence-corrected chi connectivity index (χ4v) is 4.26. The van der Waals surface area contributed by atoms with Crippen molar-refractivity contribution in [3.8, 4) is 10.6 Å². The zero-order valence-electron chi connectivity index (χ0n) is 15.5. The van der Waals surface area contributed by atoms with E-state index >= 15 is 0 Å². The fourth-order valence-electron chi connectivity index (χ4n) is 2.60. The summed E-state index contributed by atoms with van der Waals surface area (Å²) in [6.45, 7) is 7.18. The van der Waals surface area contributed by atoms with Crippen LogP contribution in [-0.2, 0) is 9.53 Å². The summed E-state index contributed by atoms with van der Waals surface area (Å²) in [4.78, 5) is 29.8. The molecule has 2 aromatic heterocycles. The van der Waals surface area contributed by atoms with Gasteiger partial charge in [0.15, 0.2) is 6.10 Å². The van der Waals surface area contributed by atoms with Crippen LogP contribution in [0.1, 0.15) is 33.4 Å². The number of esters is 1. The molecule has 0 fully saturated rings. The van der Waals surface area contributed by atoms with Crippen molar-refractivity contribution in [3.05, 3.63) is 56.7 Å². The van der Waals surface area contributed by atoms with Crippen LogP contribution >= 0.6 is 22.7 Å². The molecule has 1 atom stereocenters. The molecule has 0 spiro atoms. The monoisotopic (exact) mass is 400 g/mol. The number of anilines is 1. The molecule has 0 bridgehead atoms. The fraction of sp³-hybridized carbons (Fsp3) is 0.250. The maximum Gasteiger partial charge on any atom is 0.351 e. The molecule has 3 aromatic rings. The molecule has 0 aliphatic rings. The van der Waals surface area contributed by atoms with Gasteiger partial charge in [-0.3, -0.25) is 4.79 Å². The molecule has 1 amide bonds. The van der Waals surface area contributed by atoms with Crippen LogP contribution in [0.4, 0.5) is 5.69 Å². The summed E-state index contributed by atoms with van der Waals surface area (Å²) in [7, 11) is 0. The van der Waals surface area contributed by atoms with Crippen molar-refractivity contribution in [2.24, 2.45) is 0 Å². The number of amides is 1. The van der Waals surface area contributed by atoms with E-state index in [0.717, 1.165) is 27.4 Å². The number of nitrogens with one attached hydrogen (secondary N) is 1. The summed E-state index contributed by atoms with van der Waals surface area (Å²) in [5.74, 6) is -0.892. The standard InChI is InChI=1S/C20H20N2O3S2/c1-11-6-5-7-12(2)16(11)22-18(23)14(4)25-20(24)17-13(3)21-19(27-17)15-8-9-26-10-15/h5-10,14H,1-4H3,(H,22,23). The number of nitrogens with zero attached hydrogens (tertiary/aromatic N) is 1. The highest BCUT2D eigenvalue weighted by Crippen LogP contribution is 2.30. The van der Waals surface area contributed by atoms with Crippen LogP contribution < -0.4 is 5.32 Å². The van der Waals surface area contributed by atoms with Gasteiger partial charge in [0.1, 0.15) is 9.88 Å². The molecule has 0 saturated carbocycles. The second-order valence-corrected chi connectivity index (χ2v) is 8.03. The Morgan fingerprint density at radius 1 is 1.15 bits per heavy atom. The Morgan fingerprint density at radius 2 is 1.85 bits per heavy atom. The average Bonchev–Trinajstić information content (AvgIpc) is 3.27. The summed E-state index contributed by atoms with van der Waals surface area (Å²) in [6, 6.07) is 7.73. The maximum absolute atomic E-state index is 12.5. The van der Waals surface area contributed by atoms with Crippen molar-refractivity contribution in [2.75, 3.05) is 5.32 Å². The van der Waals surface area contributed by atoms with Crippen LogP contribution in [0.5, 0.6) is 0 Å². The van der Waals surface area contributed by atoms with Crippen LogP contribution in [0.3, 0.4) is 0 Å². The van der Waals surface area contributed by atoms with E-state index in [-0.39, 0.29) is 5.91 Å². The van der Waals surface area contributed by atoms with Crippen LogP contribution in [0.25, 0.3) is 10.6 Å². The molecule has 1 N–H and O–H groups in total. The smallest absolute Gasteiger partial charge is 0.351 e. The minimum Gasteiger partial charge on any atom is -0.448 e. The number of ether oxygens (including phenoxy) is 1. The van der Waals surface area contributed by atoms with Gasteiger partial charge < -0.3 is 10.1 Å². The summed E-state index contributed by atoms with van der Waals surface area (Å²) in [5.41, 5.74) is 4.25. The van der Waals surface area contributed by atoms with Gasteiger partial charge in [-0.25, -0.2) is 9.78 Å². The third kappa shape index (κ3) is 4.26. The first-order valence-corrected chi connectivity index (χ1v) is 10.2.